The van der Waals surface area contributed by atoms with Crippen LogP contribution < -0.4 is 5.32 Å². The van der Waals surface area contributed by atoms with E-state index >= 15 is 0 Å². The Morgan fingerprint density at radius 1 is 1.11 bits per heavy atom. The van der Waals surface area contributed by atoms with Gasteiger partial charge in [-0.15, -0.1) is 11.3 Å². The van der Waals surface area contributed by atoms with E-state index in [1.54, 1.807) is 23.6 Å². The fourth-order valence-corrected chi connectivity index (χ4v) is 5.16. The molecule has 0 atom stereocenters. The van der Waals surface area contributed by atoms with Gasteiger partial charge in [0.05, 0.1) is 4.88 Å². The summed E-state index contributed by atoms with van der Waals surface area (Å²) in [4.78, 5) is 33.7. The van der Waals surface area contributed by atoms with Crippen LogP contribution in [0.25, 0.3) is 0 Å². The number of amides is 2. The molecule has 1 saturated heterocycles. The Kier molecular flexibility index (Phi) is 5.53. The first-order valence-corrected chi connectivity index (χ1v) is 10.6. The molecule has 1 aliphatic carbocycles. The quantitative estimate of drug-likeness (QED) is 0.818. The Balaban J connectivity index is 1.33. The zero-order valence-electron chi connectivity index (χ0n) is 15.4. The predicted octanol–water partition coefficient (Wildman–Crippen LogP) is 3.90. The maximum Gasteiger partial charge on any atom is 0.263 e. The second-order valence-electron chi connectivity index (χ2n) is 7.39. The topological polar surface area (TPSA) is 62.3 Å². The summed E-state index contributed by atoms with van der Waals surface area (Å²) in [5, 5.41) is 2.87. The summed E-state index contributed by atoms with van der Waals surface area (Å²) in [6.45, 7) is 1.28. The van der Waals surface area contributed by atoms with Gasteiger partial charge < -0.3 is 10.2 Å². The summed E-state index contributed by atoms with van der Waals surface area (Å²) in [6, 6.07) is 7.58. The van der Waals surface area contributed by atoms with Crippen LogP contribution in [0, 0.1) is 5.92 Å². The molecule has 0 spiro atoms. The van der Waals surface area contributed by atoms with Crippen molar-refractivity contribution in [1.82, 2.24) is 9.88 Å². The molecule has 6 heteroatoms. The normalized spacial score (nSPS) is 17.9. The number of hydrogen-bond donors (Lipinski definition) is 1. The van der Waals surface area contributed by atoms with Crippen LogP contribution >= 0.6 is 11.3 Å². The number of pyridine rings is 1. The maximum atomic E-state index is 12.9. The Bertz CT molecular complexity index is 787. The number of aryl methyl sites for hydroxylation is 2. The summed E-state index contributed by atoms with van der Waals surface area (Å²) < 4.78 is 0. The van der Waals surface area contributed by atoms with E-state index < -0.39 is 0 Å². The summed E-state index contributed by atoms with van der Waals surface area (Å²) in [5.41, 5.74) is 1.38. The second kappa shape index (κ2) is 8.21. The zero-order chi connectivity index (χ0) is 18.6. The minimum Gasteiger partial charge on any atom is -0.338 e. The standard InChI is InChI=1S/C21H25N3O2S/c25-20(23-19-8-4-5-11-22-19)15-9-12-24(13-10-15)21(26)18-14-16-6-2-1-3-7-17(16)27-18/h4-5,8,11,14-15H,1-3,6-7,9-10,12-13H2,(H,22,23,25). The first-order valence-electron chi connectivity index (χ1n) is 9.83. The first kappa shape index (κ1) is 18.2. The Morgan fingerprint density at radius 2 is 1.93 bits per heavy atom. The van der Waals surface area contributed by atoms with Crippen molar-refractivity contribution in [3.05, 3.63) is 45.8 Å². The average Bonchev–Trinajstić information content (AvgIpc) is 2.99. The molecule has 2 amide bonds. The van der Waals surface area contributed by atoms with Gasteiger partial charge in [0.15, 0.2) is 0 Å². The Hall–Kier alpha value is -2.21. The SMILES string of the molecule is O=C(Nc1ccccn1)C1CCN(C(=O)c2cc3c(s2)CCCCC3)CC1. The molecule has 0 radical (unpaired) electrons. The number of piperidine rings is 1. The molecule has 2 aromatic rings. The molecule has 0 unspecified atom stereocenters. The van der Waals surface area contributed by atoms with Crippen LogP contribution in [0.5, 0.6) is 0 Å². The van der Waals surface area contributed by atoms with Crippen molar-refractivity contribution < 1.29 is 9.59 Å². The molecule has 2 aliphatic rings. The van der Waals surface area contributed by atoms with Gasteiger partial charge in [-0.05, 0) is 62.3 Å². The van der Waals surface area contributed by atoms with E-state index in [0.29, 0.717) is 31.7 Å². The van der Waals surface area contributed by atoms with Crippen molar-refractivity contribution in [3.63, 3.8) is 0 Å². The number of carbonyl (C=O) groups is 2. The second-order valence-corrected chi connectivity index (χ2v) is 8.53. The minimum absolute atomic E-state index is 0.00337. The third-order valence-corrected chi connectivity index (χ3v) is 6.75. The van der Waals surface area contributed by atoms with E-state index in [4.69, 9.17) is 0 Å². The van der Waals surface area contributed by atoms with Gasteiger partial charge in [-0.2, -0.15) is 0 Å². The molecule has 1 aliphatic heterocycles. The molecule has 4 rings (SSSR count). The molecule has 27 heavy (non-hydrogen) atoms. The van der Waals surface area contributed by atoms with E-state index in [2.05, 4.69) is 16.4 Å². The lowest BCUT2D eigenvalue weighted by Gasteiger charge is -2.31. The number of hydrogen-bond acceptors (Lipinski definition) is 4. The van der Waals surface area contributed by atoms with E-state index in [1.807, 2.05) is 17.0 Å². The van der Waals surface area contributed by atoms with Gasteiger partial charge in [-0.1, -0.05) is 12.5 Å². The fourth-order valence-electron chi connectivity index (χ4n) is 3.94. The van der Waals surface area contributed by atoms with Gasteiger partial charge >= 0.3 is 0 Å². The van der Waals surface area contributed by atoms with Crippen molar-refractivity contribution in [1.29, 1.82) is 0 Å². The van der Waals surface area contributed by atoms with Crippen LogP contribution in [0.2, 0.25) is 0 Å². The molecule has 142 valence electrons. The van der Waals surface area contributed by atoms with Crippen LogP contribution in [0.3, 0.4) is 0 Å². The summed E-state index contributed by atoms with van der Waals surface area (Å²) >= 11 is 1.68. The molecule has 0 bridgehead atoms. The molecule has 5 nitrogen and oxygen atoms in total. The van der Waals surface area contributed by atoms with Gasteiger partial charge in [0, 0.05) is 30.1 Å². The Labute approximate surface area is 163 Å². The summed E-state index contributed by atoms with van der Waals surface area (Å²) in [6.07, 6.45) is 9.05. The van der Waals surface area contributed by atoms with Crippen LogP contribution in [0.4, 0.5) is 5.82 Å². The van der Waals surface area contributed by atoms with Gasteiger partial charge in [-0.25, -0.2) is 4.98 Å². The number of aromatic nitrogens is 1. The number of likely N-dealkylation sites (tertiary alicyclic amines) is 1. The van der Waals surface area contributed by atoms with Crippen molar-refractivity contribution in [2.24, 2.45) is 5.92 Å². The molecule has 1 fully saturated rings. The summed E-state index contributed by atoms with van der Waals surface area (Å²) in [7, 11) is 0. The van der Waals surface area contributed by atoms with E-state index in [9.17, 15) is 9.59 Å². The minimum atomic E-state index is -0.0592. The monoisotopic (exact) mass is 383 g/mol. The van der Waals surface area contributed by atoms with Gasteiger partial charge in [0.25, 0.3) is 5.91 Å². The van der Waals surface area contributed by atoms with Crippen molar-refractivity contribution >= 4 is 29.0 Å². The molecule has 3 heterocycles. The maximum absolute atomic E-state index is 12.9. The summed E-state index contributed by atoms with van der Waals surface area (Å²) in [5.74, 6) is 0.664. The first-order chi connectivity index (χ1) is 13.2. The van der Waals surface area contributed by atoms with Crippen LogP contribution in [-0.4, -0.2) is 34.8 Å². The molecular weight excluding hydrogens is 358 g/mol. The largest absolute Gasteiger partial charge is 0.338 e. The highest BCUT2D eigenvalue weighted by Crippen LogP contribution is 2.30. The van der Waals surface area contributed by atoms with Crippen molar-refractivity contribution in [2.45, 2.75) is 44.9 Å². The smallest absolute Gasteiger partial charge is 0.263 e. The van der Waals surface area contributed by atoms with Gasteiger partial charge in [-0.3, -0.25) is 9.59 Å². The highest BCUT2D eigenvalue weighted by Gasteiger charge is 2.29. The third-order valence-electron chi connectivity index (χ3n) is 5.53. The lowest BCUT2D eigenvalue weighted by Crippen LogP contribution is -2.41. The van der Waals surface area contributed by atoms with Crippen LogP contribution in [-0.2, 0) is 17.6 Å². The zero-order valence-corrected chi connectivity index (χ0v) is 16.3. The van der Waals surface area contributed by atoms with Crippen molar-refractivity contribution in [2.75, 3.05) is 18.4 Å². The highest BCUT2D eigenvalue weighted by atomic mass is 32.1. The number of thiophene rings is 1. The molecule has 1 N–H and O–H groups in total. The van der Waals surface area contributed by atoms with E-state index in [-0.39, 0.29) is 17.7 Å². The Morgan fingerprint density at radius 3 is 2.70 bits per heavy atom. The molecule has 0 saturated carbocycles. The van der Waals surface area contributed by atoms with Crippen LogP contribution in [0.15, 0.2) is 30.5 Å². The number of rotatable bonds is 3. The number of carbonyl (C=O) groups excluding carboxylic acids is 2. The third kappa shape index (κ3) is 4.21. The fraction of sp³-hybridized carbons (Fsp3) is 0.476. The van der Waals surface area contributed by atoms with E-state index in [0.717, 1.165) is 17.7 Å². The lowest BCUT2D eigenvalue weighted by atomic mass is 9.95. The molecule has 2 aromatic heterocycles. The van der Waals surface area contributed by atoms with E-state index in [1.165, 1.54) is 29.7 Å². The van der Waals surface area contributed by atoms with Gasteiger partial charge in [0.1, 0.15) is 5.82 Å². The number of nitrogens with one attached hydrogen (secondary N) is 1. The predicted molar refractivity (Wildman–Crippen MR) is 107 cm³/mol. The number of nitrogens with zero attached hydrogens (tertiary/aromatic N) is 2. The number of fused-ring (bicyclic) bond motifs is 1. The molecule has 0 aromatic carbocycles. The average molecular weight is 384 g/mol. The highest BCUT2D eigenvalue weighted by molar-refractivity contribution is 7.14. The van der Waals surface area contributed by atoms with Crippen LogP contribution in [0.1, 0.15) is 52.2 Å². The molecular formula is C21H25N3O2S. The number of anilines is 1. The lowest BCUT2D eigenvalue weighted by molar-refractivity contribution is -0.121. The van der Waals surface area contributed by atoms with Crippen molar-refractivity contribution in [3.8, 4) is 0 Å². The van der Waals surface area contributed by atoms with Gasteiger partial charge in [0.2, 0.25) is 5.91 Å².